The Kier molecular flexibility index (Phi) is 5.51. The number of hydrogen-bond acceptors (Lipinski definition) is 4. The summed E-state index contributed by atoms with van der Waals surface area (Å²) in [5.74, 6) is 0.350. The molecule has 6 heteroatoms. The number of benzene rings is 1. The molecule has 0 saturated carbocycles. The third-order valence-corrected chi connectivity index (χ3v) is 4.39. The van der Waals surface area contributed by atoms with Crippen molar-refractivity contribution in [2.45, 2.75) is 18.9 Å². The molecule has 0 aliphatic carbocycles. The first-order chi connectivity index (χ1) is 10.6. The number of likely N-dealkylation sites (tertiary alicyclic amines) is 1. The number of carbonyl (C=O) groups is 2. The van der Waals surface area contributed by atoms with Gasteiger partial charge in [0.15, 0.2) is 0 Å². The molecule has 3 atom stereocenters. The third-order valence-electron chi connectivity index (χ3n) is 4.39. The second-order valence-electron chi connectivity index (χ2n) is 5.71. The Morgan fingerprint density at radius 2 is 2.00 bits per heavy atom. The van der Waals surface area contributed by atoms with Crippen LogP contribution >= 0.6 is 0 Å². The van der Waals surface area contributed by atoms with Crippen molar-refractivity contribution in [3.8, 4) is 0 Å². The van der Waals surface area contributed by atoms with E-state index in [4.69, 9.17) is 5.73 Å². The number of urea groups is 1. The highest BCUT2D eigenvalue weighted by atomic mass is 16.2. The van der Waals surface area contributed by atoms with Crippen molar-refractivity contribution >= 4 is 11.9 Å². The molecule has 1 aromatic carbocycles. The Morgan fingerprint density at radius 1 is 1.32 bits per heavy atom. The Bertz CT molecular complexity index is 520. The molecule has 0 aromatic heterocycles. The van der Waals surface area contributed by atoms with E-state index in [-0.39, 0.29) is 11.9 Å². The standard InChI is InChI=1S/C16H24N4O2/c1-11(15(21)19-16(22)18-2)20-9-13(8-17)14(10-20)12-6-4-3-5-7-12/h3-7,11,13-14H,8-10,17H2,1-2H3,(H2,18,19,21,22)/t11?,13-,14+/m1/s1. The van der Waals surface area contributed by atoms with Crippen LogP contribution in [0.1, 0.15) is 18.4 Å². The molecule has 6 nitrogen and oxygen atoms in total. The van der Waals surface area contributed by atoms with E-state index < -0.39 is 6.03 Å². The lowest BCUT2D eigenvalue weighted by Gasteiger charge is -2.23. The van der Waals surface area contributed by atoms with Crippen molar-refractivity contribution in [1.29, 1.82) is 0 Å². The van der Waals surface area contributed by atoms with Crippen LogP contribution in [-0.2, 0) is 4.79 Å². The molecule has 1 saturated heterocycles. The van der Waals surface area contributed by atoms with E-state index in [0.717, 1.165) is 13.1 Å². The van der Waals surface area contributed by atoms with E-state index >= 15 is 0 Å². The summed E-state index contributed by atoms with van der Waals surface area (Å²) < 4.78 is 0. The summed E-state index contributed by atoms with van der Waals surface area (Å²) in [6.45, 7) is 3.94. The summed E-state index contributed by atoms with van der Waals surface area (Å²) in [7, 11) is 1.49. The smallest absolute Gasteiger partial charge is 0.321 e. The minimum atomic E-state index is -0.481. The van der Waals surface area contributed by atoms with Gasteiger partial charge in [0, 0.05) is 26.1 Å². The predicted octanol–water partition coefficient (Wildman–Crippen LogP) is 0.505. The van der Waals surface area contributed by atoms with Crippen LogP contribution < -0.4 is 16.4 Å². The van der Waals surface area contributed by atoms with E-state index in [0.29, 0.717) is 18.4 Å². The van der Waals surface area contributed by atoms with Gasteiger partial charge in [0.05, 0.1) is 6.04 Å². The molecule has 3 amide bonds. The van der Waals surface area contributed by atoms with E-state index in [9.17, 15) is 9.59 Å². The average Bonchev–Trinajstić information content (AvgIpc) is 2.99. The van der Waals surface area contributed by atoms with E-state index in [1.54, 1.807) is 0 Å². The largest absolute Gasteiger partial charge is 0.341 e. The topological polar surface area (TPSA) is 87.5 Å². The Hall–Kier alpha value is -1.92. The second-order valence-corrected chi connectivity index (χ2v) is 5.71. The van der Waals surface area contributed by atoms with Gasteiger partial charge >= 0.3 is 6.03 Å². The number of amides is 3. The number of rotatable bonds is 4. The Morgan fingerprint density at radius 3 is 2.59 bits per heavy atom. The zero-order valence-corrected chi connectivity index (χ0v) is 13.1. The fourth-order valence-corrected chi connectivity index (χ4v) is 2.98. The second kappa shape index (κ2) is 7.38. The molecule has 1 aliphatic heterocycles. The van der Waals surface area contributed by atoms with Crippen LogP contribution in [0.15, 0.2) is 30.3 Å². The molecule has 2 rings (SSSR count). The van der Waals surface area contributed by atoms with Gasteiger partial charge in [0.25, 0.3) is 0 Å². The molecule has 120 valence electrons. The van der Waals surface area contributed by atoms with Crippen molar-refractivity contribution in [3.63, 3.8) is 0 Å². The number of nitrogens with zero attached hydrogens (tertiary/aromatic N) is 1. The quantitative estimate of drug-likeness (QED) is 0.756. The summed E-state index contributed by atoms with van der Waals surface area (Å²) in [6, 6.07) is 9.40. The van der Waals surface area contributed by atoms with E-state index in [1.165, 1.54) is 12.6 Å². The Labute approximate surface area is 131 Å². The maximum Gasteiger partial charge on any atom is 0.321 e. The van der Waals surface area contributed by atoms with E-state index in [2.05, 4.69) is 27.7 Å². The fourth-order valence-electron chi connectivity index (χ4n) is 2.98. The van der Waals surface area contributed by atoms with Gasteiger partial charge in [-0.25, -0.2) is 4.79 Å². The number of imide groups is 1. The highest BCUT2D eigenvalue weighted by molar-refractivity contribution is 5.96. The average molecular weight is 304 g/mol. The molecule has 1 aliphatic rings. The van der Waals surface area contributed by atoms with Gasteiger partial charge < -0.3 is 11.1 Å². The lowest BCUT2D eigenvalue weighted by Crippen LogP contribution is -2.48. The molecule has 1 heterocycles. The van der Waals surface area contributed by atoms with Crippen LogP contribution in [-0.4, -0.2) is 49.6 Å². The molecule has 0 bridgehead atoms. The summed E-state index contributed by atoms with van der Waals surface area (Å²) in [4.78, 5) is 25.4. The van der Waals surface area contributed by atoms with Gasteiger partial charge in [-0.05, 0) is 24.9 Å². The van der Waals surface area contributed by atoms with Crippen molar-refractivity contribution < 1.29 is 9.59 Å². The zero-order chi connectivity index (χ0) is 16.1. The first-order valence-electron chi connectivity index (χ1n) is 7.58. The predicted molar refractivity (Wildman–Crippen MR) is 85.4 cm³/mol. The first kappa shape index (κ1) is 16.5. The molecule has 1 unspecified atom stereocenters. The molecule has 1 aromatic rings. The van der Waals surface area contributed by atoms with Crippen LogP contribution in [0.2, 0.25) is 0 Å². The molecule has 1 fully saturated rings. The minimum Gasteiger partial charge on any atom is -0.341 e. The minimum absolute atomic E-state index is 0.288. The van der Waals surface area contributed by atoms with Gasteiger partial charge in [-0.1, -0.05) is 30.3 Å². The number of hydrogen-bond donors (Lipinski definition) is 3. The van der Waals surface area contributed by atoms with Gasteiger partial charge in [-0.15, -0.1) is 0 Å². The van der Waals surface area contributed by atoms with Crippen molar-refractivity contribution in [2.24, 2.45) is 11.7 Å². The summed E-state index contributed by atoms with van der Waals surface area (Å²) in [5.41, 5.74) is 7.16. The van der Waals surface area contributed by atoms with Crippen molar-refractivity contribution in [3.05, 3.63) is 35.9 Å². The molecular weight excluding hydrogens is 280 g/mol. The highest BCUT2D eigenvalue weighted by Crippen LogP contribution is 2.32. The third kappa shape index (κ3) is 3.64. The summed E-state index contributed by atoms with van der Waals surface area (Å²) in [5, 5.41) is 4.72. The number of carbonyl (C=O) groups excluding carboxylic acids is 2. The van der Waals surface area contributed by atoms with Crippen LogP contribution in [0.3, 0.4) is 0 Å². The lowest BCUT2D eigenvalue weighted by atomic mass is 9.89. The monoisotopic (exact) mass is 304 g/mol. The SMILES string of the molecule is CNC(=O)NC(=O)C(C)N1C[C@@H](CN)[C@H](c2ccccc2)C1. The fraction of sp³-hybridized carbons (Fsp3) is 0.500. The summed E-state index contributed by atoms with van der Waals surface area (Å²) in [6.07, 6.45) is 0. The first-order valence-corrected chi connectivity index (χ1v) is 7.58. The normalized spacial score (nSPS) is 23.0. The number of nitrogens with two attached hydrogens (primary N) is 1. The van der Waals surface area contributed by atoms with Crippen molar-refractivity contribution in [1.82, 2.24) is 15.5 Å². The van der Waals surface area contributed by atoms with E-state index in [1.807, 2.05) is 25.1 Å². The summed E-state index contributed by atoms with van der Waals surface area (Å²) >= 11 is 0. The van der Waals surface area contributed by atoms with Crippen LogP contribution in [0, 0.1) is 5.92 Å². The van der Waals surface area contributed by atoms with Crippen LogP contribution in [0.5, 0.6) is 0 Å². The molecule has 22 heavy (non-hydrogen) atoms. The van der Waals surface area contributed by atoms with Gasteiger partial charge in [-0.3, -0.25) is 15.0 Å². The van der Waals surface area contributed by atoms with Crippen molar-refractivity contribution in [2.75, 3.05) is 26.7 Å². The molecule has 0 spiro atoms. The van der Waals surface area contributed by atoms with Gasteiger partial charge in [0.2, 0.25) is 5.91 Å². The Balaban J connectivity index is 2.05. The zero-order valence-electron chi connectivity index (χ0n) is 13.1. The highest BCUT2D eigenvalue weighted by Gasteiger charge is 2.37. The number of nitrogens with one attached hydrogen (secondary N) is 2. The molecule has 4 N–H and O–H groups in total. The van der Waals surface area contributed by atoms with Gasteiger partial charge in [-0.2, -0.15) is 0 Å². The molecular formula is C16H24N4O2. The van der Waals surface area contributed by atoms with Crippen LogP contribution in [0.4, 0.5) is 4.79 Å². The maximum absolute atomic E-state index is 12.1. The molecule has 0 radical (unpaired) electrons. The van der Waals surface area contributed by atoms with Crippen LogP contribution in [0.25, 0.3) is 0 Å². The lowest BCUT2D eigenvalue weighted by molar-refractivity contribution is -0.124. The maximum atomic E-state index is 12.1. The van der Waals surface area contributed by atoms with Gasteiger partial charge in [0.1, 0.15) is 0 Å².